The van der Waals surface area contributed by atoms with Crippen LogP contribution in [-0.4, -0.2) is 17.2 Å². The van der Waals surface area contributed by atoms with Gasteiger partial charge in [-0.25, -0.2) is 0 Å². The highest BCUT2D eigenvalue weighted by Crippen LogP contribution is 2.39. The maximum atomic E-state index is 10.3. The van der Waals surface area contributed by atoms with E-state index in [1.165, 1.54) is 27.5 Å². The van der Waals surface area contributed by atoms with Gasteiger partial charge in [0.05, 0.1) is 0 Å². The van der Waals surface area contributed by atoms with Crippen LogP contribution in [0.2, 0.25) is 0 Å². The predicted octanol–water partition coefficient (Wildman–Crippen LogP) is 4.24. The molecule has 0 aliphatic heterocycles. The Morgan fingerprint density at radius 1 is 0.606 bits per heavy atom. The Morgan fingerprint density at radius 3 is 2.12 bits per heavy atom. The van der Waals surface area contributed by atoms with Crippen LogP contribution in [0.3, 0.4) is 0 Å². The molecule has 4 aromatic carbocycles. The fourth-order valence-corrected chi connectivity index (χ4v) is 5.50. The summed E-state index contributed by atoms with van der Waals surface area (Å²) in [5.41, 5.74) is 5.45. The Balaban J connectivity index is 1.63. The SMILES string of the molecule is OB(O)C1=c2ccccc2=C(c2cccc(-c3cccc4ccccc34)c2)C2C=CC=CC12. The second kappa shape index (κ2) is 8.04. The lowest BCUT2D eigenvalue weighted by molar-refractivity contribution is 0.420. The van der Waals surface area contributed by atoms with Crippen LogP contribution in [0.1, 0.15) is 5.56 Å². The summed E-state index contributed by atoms with van der Waals surface area (Å²) in [7, 11) is -1.49. The minimum absolute atomic E-state index is 0.0458. The maximum Gasteiger partial charge on any atom is 0.485 e. The molecule has 4 aromatic rings. The molecule has 3 heteroatoms. The fraction of sp³-hybridized carbons (Fsp3) is 0.0667. The van der Waals surface area contributed by atoms with E-state index in [4.69, 9.17) is 0 Å². The first-order valence-electron chi connectivity index (χ1n) is 11.4. The first kappa shape index (κ1) is 20.0. The second-order valence-corrected chi connectivity index (χ2v) is 8.72. The maximum absolute atomic E-state index is 10.3. The van der Waals surface area contributed by atoms with E-state index in [2.05, 4.69) is 91.0 Å². The van der Waals surface area contributed by atoms with Crippen LogP contribution in [0.5, 0.6) is 0 Å². The molecule has 0 saturated carbocycles. The minimum atomic E-state index is -1.49. The summed E-state index contributed by atoms with van der Waals surface area (Å²) >= 11 is 0. The van der Waals surface area contributed by atoms with E-state index in [9.17, 15) is 10.0 Å². The fourth-order valence-electron chi connectivity index (χ4n) is 5.50. The Kier molecular flexibility index (Phi) is 4.87. The third-order valence-electron chi connectivity index (χ3n) is 6.91. The van der Waals surface area contributed by atoms with Gasteiger partial charge in [0.1, 0.15) is 0 Å². The number of allylic oxidation sites excluding steroid dienone is 4. The molecular weight excluding hydrogens is 403 g/mol. The van der Waals surface area contributed by atoms with Crippen molar-refractivity contribution >= 4 is 28.9 Å². The van der Waals surface area contributed by atoms with Gasteiger partial charge in [-0.3, -0.25) is 0 Å². The average molecular weight is 426 g/mol. The normalized spacial score (nSPS) is 18.8. The van der Waals surface area contributed by atoms with Gasteiger partial charge in [-0.05, 0) is 55.0 Å². The summed E-state index contributed by atoms with van der Waals surface area (Å²) in [5.74, 6) is -0.0365. The lowest BCUT2D eigenvalue weighted by Crippen LogP contribution is -2.44. The van der Waals surface area contributed by atoms with Gasteiger partial charge in [-0.15, -0.1) is 0 Å². The van der Waals surface area contributed by atoms with Crippen LogP contribution in [0.4, 0.5) is 0 Å². The van der Waals surface area contributed by atoms with Gasteiger partial charge < -0.3 is 10.0 Å². The molecule has 0 radical (unpaired) electrons. The highest BCUT2D eigenvalue weighted by Gasteiger charge is 2.35. The van der Waals surface area contributed by atoms with E-state index in [1.807, 2.05) is 24.3 Å². The van der Waals surface area contributed by atoms with Gasteiger partial charge in [0, 0.05) is 11.8 Å². The van der Waals surface area contributed by atoms with E-state index < -0.39 is 7.12 Å². The molecular formula is C30H23BO2. The molecule has 0 bridgehead atoms. The molecule has 2 aliphatic rings. The van der Waals surface area contributed by atoms with Crippen molar-refractivity contribution in [1.82, 2.24) is 0 Å². The summed E-state index contributed by atoms with van der Waals surface area (Å²) in [5, 5.41) is 25.0. The largest absolute Gasteiger partial charge is 0.485 e. The van der Waals surface area contributed by atoms with Gasteiger partial charge >= 0.3 is 7.12 Å². The van der Waals surface area contributed by atoms with E-state index in [1.54, 1.807) is 0 Å². The monoisotopic (exact) mass is 426 g/mol. The summed E-state index contributed by atoms with van der Waals surface area (Å²) < 4.78 is 0. The number of fused-ring (bicyclic) bond motifs is 3. The molecule has 0 fully saturated rings. The highest BCUT2D eigenvalue weighted by atomic mass is 16.4. The van der Waals surface area contributed by atoms with Crippen LogP contribution in [0, 0.1) is 11.8 Å². The van der Waals surface area contributed by atoms with E-state index in [0.29, 0.717) is 5.47 Å². The van der Waals surface area contributed by atoms with Crippen molar-refractivity contribution in [3.05, 3.63) is 131 Å². The Labute approximate surface area is 193 Å². The second-order valence-electron chi connectivity index (χ2n) is 8.72. The predicted molar refractivity (Wildman–Crippen MR) is 136 cm³/mol. The number of benzene rings is 4. The smallest absolute Gasteiger partial charge is 0.423 e. The number of hydrogen-bond donors (Lipinski definition) is 2. The summed E-state index contributed by atoms with van der Waals surface area (Å²) in [4.78, 5) is 0. The van der Waals surface area contributed by atoms with Crippen LogP contribution >= 0.6 is 0 Å². The molecule has 2 N–H and O–H groups in total. The van der Waals surface area contributed by atoms with Gasteiger partial charge in [-0.2, -0.15) is 0 Å². The first-order chi connectivity index (χ1) is 16.2. The van der Waals surface area contributed by atoms with Gasteiger partial charge in [-0.1, -0.05) is 109 Å². The Bertz CT molecular complexity index is 1560. The van der Waals surface area contributed by atoms with Crippen molar-refractivity contribution in [3.63, 3.8) is 0 Å². The molecule has 6 rings (SSSR count). The molecule has 0 spiro atoms. The van der Waals surface area contributed by atoms with Crippen molar-refractivity contribution in [1.29, 1.82) is 0 Å². The minimum Gasteiger partial charge on any atom is -0.423 e. The van der Waals surface area contributed by atoms with E-state index in [0.717, 1.165) is 16.0 Å². The molecule has 0 saturated heterocycles. The van der Waals surface area contributed by atoms with Crippen molar-refractivity contribution in [2.75, 3.05) is 0 Å². The summed E-state index contributed by atoms with van der Waals surface area (Å²) in [6.07, 6.45) is 8.33. The van der Waals surface area contributed by atoms with Crippen LogP contribution in [-0.2, 0) is 0 Å². The van der Waals surface area contributed by atoms with Crippen molar-refractivity contribution in [2.45, 2.75) is 0 Å². The van der Waals surface area contributed by atoms with Gasteiger partial charge in [0.2, 0.25) is 0 Å². The van der Waals surface area contributed by atoms with Crippen LogP contribution in [0.25, 0.3) is 32.9 Å². The Hall–Kier alpha value is -3.66. The zero-order valence-corrected chi connectivity index (χ0v) is 18.1. The first-order valence-corrected chi connectivity index (χ1v) is 11.4. The summed E-state index contributed by atoms with van der Waals surface area (Å²) in [6.45, 7) is 0. The van der Waals surface area contributed by atoms with Gasteiger partial charge in [0.25, 0.3) is 0 Å². The molecule has 2 aliphatic carbocycles. The van der Waals surface area contributed by atoms with Gasteiger partial charge in [0.15, 0.2) is 0 Å². The third-order valence-corrected chi connectivity index (χ3v) is 6.91. The lowest BCUT2D eigenvalue weighted by atomic mass is 9.61. The molecule has 158 valence electrons. The quantitative estimate of drug-likeness (QED) is 0.481. The van der Waals surface area contributed by atoms with Crippen LogP contribution < -0.4 is 10.4 Å². The van der Waals surface area contributed by atoms with E-state index >= 15 is 0 Å². The molecule has 2 unspecified atom stereocenters. The number of hydrogen-bond acceptors (Lipinski definition) is 2. The topological polar surface area (TPSA) is 40.5 Å². The van der Waals surface area contributed by atoms with Crippen molar-refractivity contribution < 1.29 is 10.0 Å². The molecule has 33 heavy (non-hydrogen) atoms. The van der Waals surface area contributed by atoms with Crippen molar-refractivity contribution in [2.24, 2.45) is 11.8 Å². The zero-order valence-electron chi connectivity index (χ0n) is 18.1. The Morgan fingerprint density at radius 2 is 1.27 bits per heavy atom. The molecule has 0 amide bonds. The van der Waals surface area contributed by atoms with E-state index in [-0.39, 0.29) is 11.8 Å². The van der Waals surface area contributed by atoms with Crippen LogP contribution in [0.15, 0.2) is 115 Å². The van der Waals surface area contributed by atoms with Crippen molar-refractivity contribution in [3.8, 4) is 11.1 Å². The number of rotatable bonds is 3. The lowest BCUT2D eigenvalue weighted by Gasteiger charge is -2.33. The molecule has 2 atom stereocenters. The zero-order chi connectivity index (χ0) is 22.4. The summed E-state index contributed by atoms with van der Waals surface area (Å²) in [6, 6.07) is 31.8. The molecule has 0 heterocycles. The standard InChI is InChI=1S/C30H23BO2/c32-31(33)30-27-16-5-3-14-25(27)29(26-15-4-6-17-28(26)30)22-12-7-11-21(19-22)24-18-8-10-20-9-1-2-13-23(20)24/h1-19,25,27,32-33H. The third kappa shape index (κ3) is 3.29. The molecule has 2 nitrogen and oxygen atoms in total. The highest BCUT2D eigenvalue weighted by molar-refractivity contribution is 6.63. The molecule has 0 aromatic heterocycles. The average Bonchev–Trinajstić information content (AvgIpc) is 2.86.